The number of rotatable bonds is 3. The van der Waals surface area contributed by atoms with Gasteiger partial charge in [0.2, 0.25) is 5.96 Å². The summed E-state index contributed by atoms with van der Waals surface area (Å²) in [4.78, 5) is 25.0. The van der Waals surface area contributed by atoms with E-state index in [0.717, 1.165) is 26.2 Å². The lowest BCUT2D eigenvalue weighted by atomic mass is 9.94. The van der Waals surface area contributed by atoms with Crippen LogP contribution in [0.4, 0.5) is 5.69 Å². The monoisotopic (exact) mass is 371 g/mol. The summed E-state index contributed by atoms with van der Waals surface area (Å²) in [7, 11) is 0. The Morgan fingerprint density at radius 2 is 1.56 bits per heavy atom. The van der Waals surface area contributed by atoms with E-state index < -0.39 is 0 Å². The fraction of sp³-hybridized carbons (Fsp3) is 0.526. The van der Waals surface area contributed by atoms with E-state index in [1.54, 1.807) is 24.3 Å². The smallest absolute Gasteiger partial charge is 0.253 e. The summed E-state index contributed by atoms with van der Waals surface area (Å²) in [5, 5.41) is 0. The van der Waals surface area contributed by atoms with Crippen LogP contribution in [-0.2, 0) is 0 Å². The van der Waals surface area contributed by atoms with Crippen LogP contribution in [-0.4, -0.2) is 59.8 Å². The van der Waals surface area contributed by atoms with Gasteiger partial charge in [0.15, 0.2) is 5.96 Å². The highest BCUT2D eigenvalue weighted by atomic mass is 16.2. The van der Waals surface area contributed by atoms with Gasteiger partial charge in [-0.15, -0.1) is 0 Å². The highest BCUT2D eigenvalue weighted by Gasteiger charge is 2.27. The van der Waals surface area contributed by atoms with Crippen LogP contribution in [0.2, 0.25) is 0 Å². The first-order valence-corrected chi connectivity index (χ1v) is 9.60. The number of benzene rings is 1. The first kappa shape index (κ1) is 19.2. The van der Waals surface area contributed by atoms with Crippen molar-refractivity contribution in [2.24, 2.45) is 27.2 Å². The molecular weight excluding hydrogens is 342 g/mol. The predicted octanol–water partition coefficient (Wildman–Crippen LogP) is 0.997. The number of aliphatic imine (C=N–C) groups is 2. The van der Waals surface area contributed by atoms with E-state index >= 15 is 0 Å². The molecule has 2 fully saturated rings. The van der Waals surface area contributed by atoms with Gasteiger partial charge in [-0.05, 0) is 37.1 Å². The van der Waals surface area contributed by atoms with Gasteiger partial charge in [0, 0.05) is 37.8 Å². The zero-order chi connectivity index (χ0) is 19.2. The molecule has 0 aromatic heterocycles. The first-order valence-electron chi connectivity index (χ1n) is 9.60. The number of hydrogen-bond acceptors (Lipinski definition) is 3. The molecule has 27 heavy (non-hydrogen) atoms. The van der Waals surface area contributed by atoms with Crippen molar-refractivity contribution in [1.82, 2.24) is 9.80 Å². The normalized spacial score (nSPS) is 19.7. The number of nitrogens with zero attached hydrogens (tertiary/aromatic N) is 4. The van der Waals surface area contributed by atoms with Crippen molar-refractivity contribution in [2.45, 2.75) is 38.1 Å². The molecule has 1 saturated heterocycles. The molecule has 2 aliphatic rings. The summed E-state index contributed by atoms with van der Waals surface area (Å²) in [6.45, 7) is 3.50. The Kier molecular flexibility index (Phi) is 6.28. The zero-order valence-electron chi connectivity index (χ0n) is 15.7. The maximum Gasteiger partial charge on any atom is 0.253 e. The Bertz CT molecular complexity index is 695. The van der Waals surface area contributed by atoms with Crippen LogP contribution in [0.5, 0.6) is 0 Å². The lowest BCUT2D eigenvalue weighted by Gasteiger charge is -2.40. The molecule has 0 spiro atoms. The van der Waals surface area contributed by atoms with Crippen LogP contribution in [0.25, 0.3) is 0 Å². The molecule has 146 valence electrons. The fourth-order valence-corrected chi connectivity index (χ4v) is 3.89. The molecule has 3 rings (SSSR count). The predicted molar refractivity (Wildman–Crippen MR) is 108 cm³/mol. The Hall–Kier alpha value is -2.61. The maximum absolute atomic E-state index is 12.8. The molecule has 1 aromatic carbocycles. The summed E-state index contributed by atoms with van der Waals surface area (Å²) in [5.41, 5.74) is 17.4. The molecule has 0 radical (unpaired) electrons. The van der Waals surface area contributed by atoms with Crippen LogP contribution >= 0.6 is 0 Å². The van der Waals surface area contributed by atoms with Gasteiger partial charge in [0.25, 0.3) is 5.91 Å². The largest absolute Gasteiger partial charge is 0.370 e. The van der Waals surface area contributed by atoms with Crippen molar-refractivity contribution in [3.05, 3.63) is 29.8 Å². The first-order chi connectivity index (χ1) is 13.0. The zero-order valence-corrected chi connectivity index (χ0v) is 15.7. The number of guanidine groups is 2. The molecule has 8 nitrogen and oxygen atoms in total. The summed E-state index contributed by atoms with van der Waals surface area (Å²) >= 11 is 0. The Morgan fingerprint density at radius 1 is 0.926 bits per heavy atom. The number of hydrogen-bond donors (Lipinski definition) is 3. The summed E-state index contributed by atoms with van der Waals surface area (Å²) < 4.78 is 0. The Labute approximate surface area is 160 Å². The third-order valence-corrected chi connectivity index (χ3v) is 5.29. The minimum atomic E-state index is -0.143. The molecule has 0 unspecified atom stereocenters. The SMILES string of the molecule is NC(N)=NC(N)=Nc1ccc(C(=O)N2CCN(C3CCCCC3)CC2)cc1. The van der Waals surface area contributed by atoms with E-state index in [1.807, 2.05) is 4.90 Å². The third kappa shape index (κ3) is 5.19. The van der Waals surface area contributed by atoms with Crippen LogP contribution < -0.4 is 17.2 Å². The van der Waals surface area contributed by atoms with Gasteiger partial charge in [-0.2, -0.15) is 4.99 Å². The molecule has 1 aromatic rings. The molecule has 1 saturated carbocycles. The lowest BCUT2D eigenvalue weighted by Crippen LogP contribution is -2.52. The van der Waals surface area contributed by atoms with Gasteiger partial charge in [0.05, 0.1) is 5.69 Å². The summed E-state index contributed by atoms with van der Waals surface area (Å²) in [6, 6.07) is 7.71. The molecule has 1 amide bonds. The second-order valence-corrected chi connectivity index (χ2v) is 7.17. The van der Waals surface area contributed by atoms with Gasteiger partial charge in [-0.3, -0.25) is 9.69 Å². The van der Waals surface area contributed by atoms with E-state index in [1.165, 1.54) is 32.1 Å². The summed E-state index contributed by atoms with van der Waals surface area (Å²) in [6.07, 6.45) is 6.66. The molecule has 1 heterocycles. The lowest BCUT2D eigenvalue weighted by molar-refractivity contribution is 0.0523. The van der Waals surface area contributed by atoms with Crippen molar-refractivity contribution in [3.63, 3.8) is 0 Å². The second kappa shape index (κ2) is 8.85. The van der Waals surface area contributed by atoms with Crippen LogP contribution in [0.3, 0.4) is 0 Å². The van der Waals surface area contributed by atoms with Crippen LogP contribution in [0.1, 0.15) is 42.5 Å². The number of carbonyl (C=O) groups excluding carboxylic acids is 1. The number of nitrogens with two attached hydrogens (primary N) is 3. The molecule has 8 heteroatoms. The molecule has 1 aliphatic heterocycles. The van der Waals surface area contributed by atoms with Gasteiger partial charge in [-0.1, -0.05) is 19.3 Å². The van der Waals surface area contributed by atoms with Crippen molar-refractivity contribution in [2.75, 3.05) is 26.2 Å². The molecular formula is C19H29N7O. The summed E-state index contributed by atoms with van der Waals surface area (Å²) in [5.74, 6) is -0.102. The van der Waals surface area contributed by atoms with Gasteiger partial charge >= 0.3 is 0 Å². The second-order valence-electron chi connectivity index (χ2n) is 7.17. The van der Waals surface area contributed by atoms with Gasteiger partial charge in [0.1, 0.15) is 0 Å². The van der Waals surface area contributed by atoms with Crippen LogP contribution in [0, 0.1) is 0 Å². The van der Waals surface area contributed by atoms with E-state index in [4.69, 9.17) is 17.2 Å². The highest BCUT2D eigenvalue weighted by molar-refractivity contribution is 5.95. The molecule has 1 aliphatic carbocycles. The average Bonchev–Trinajstić information content (AvgIpc) is 2.68. The van der Waals surface area contributed by atoms with E-state index in [0.29, 0.717) is 17.3 Å². The molecule has 6 N–H and O–H groups in total. The van der Waals surface area contributed by atoms with Crippen molar-refractivity contribution < 1.29 is 4.79 Å². The van der Waals surface area contributed by atoms with Crippen molar-refractivity contribution >= 4 is 23.5 Å². The van der Waals surface area contributed by atoms with Crippen molar-refractivity contribution in [1.29, 1.82) is 0 Å². The van der Waals surface area contributed by atoms with Crippen molar-refractivity contribution in [3.8, 4) is 0 Å². The number of amides is 1. The van der Waals surface area contributed by atoms with E-state index in [9.17, 15) is 4.79 Å². The topological polar surface area (TPSA) is 126 Å². The third-order valence-electron chi connectivity index (χ3n) is 5.29. The van der Waals surface area contributed by atoms with E-state index in [-0.39, 0.29) is 17.8 Å². The Morgan fingerprint density at radius 3 is 2.15 bits per heavy atom. The van der Waals surface area contributed by atoms with Gasteiger partial charge < -0.3 is 22.1 Å². The molecule has 0 atom stereocenters. The number of carbonyl (C=O) groups is 1. The maximum atomic E-state index is 12.8. The van der Waals surface area contributed by atoms with Gasteiger partial charge in [-0.25, -0.2) is 4.99 Å². The minimum absolute atomic E-state index is 0.0205. The van der Waals surface area contributed by atoms with E-state index in [2.05, 4.69) is 14.9 Å². The Balaban J connectivity index is 1.56. The quantitative estimate of drug-likeness (QED) is 0.540. The average molecular weight is 371 g/mol. The highest BCUT2D eigenvalue weighted by Crippen LogP contribution is 2.24. The fourth-order valence-electron chi connectivity index (χ4n) is 3.89. The molecule has 0 bridgehead atoms. The number of piperazine rings is 1. The standard InChI is InChI=1S/C19H29N7O/c20-18(21)24-19(22)23-15-8-6-14(7-9-15)17(27)26-12-10-25(11-13-26)16-4-2-1-3-5-16/h6-9,16H,1-5,10-13H2,(H6,20,21,22,23,24). The minimum Gasteiger partial charge on any atom is -0.370 e. The van der Waals surface area contributed by atoms with Crippen LogP contribution in [0.15, 0.2) is 34.3 Å².